The van der Waals surface area contributed by atoms with Crippen LogP contribution in [0, 0.1) is 0 Å². The molecule has 7 heteroatoms. The quantitative estimate of drug-likeness (QED) is 0.769. The second kappa shape index (κ2) is 6.53. The molecule has 1 N–H and O–H groups in total. The molecular formula is C11H15N3O4. The average molecular weight is 253 g/mol. The van der Waals surface area contributed by atoms with Gasteiger partial charge in [0.25, 0.3) is 0 Å². The molecule has 1 heterocycles. The van der Waals surface area contributed by atoms with Crippen molar-refractivity contribution >= 4 is 17.8 Å². The molecule has 0 fully saturated rings. The molecule has 0 aliphatic carbocycles. The highest BCUT2D eigenvalue weighted by Gasteiger charge is 2.15. The van der Waals surface area contributed by atoms with Crippen LogP contribution in [0.3, 0.4) is 0 Å². The van der Waals surface area contributed by atoms with Crippen molar-refractivity contribution in [3.8, 4) is 0 Å². The Hall–Kier alpha value is -2.18. The van der Waals surface area contributed by atoms with Crippen molar-refractivity contribution in [1.82, 2.24) is 9.97 Å². The summed E-state index contributed by atoms with van der Waals surface area (Å²) >= 11 is 0. The first-order valence-electron chi connectivity index (χ1n) is 5.42. The van der Waals surface area contributed by atoms with Gasteiger partial charge in [-0.3, -0.25) is 4.98 Å². The number of anilines is 1. The van der Waals surface area contributed by atoms with E-state index in [9.17, 15) is 9.59 Å². The number of nitrogens with one attached hydrogen (secondary N) is 1. The average Bonchev–Trinajstić information content (AvgIpc) is 2.38. The molecule has 0 radical (unpaired) electrons. The number of carbonyl (C=O) groups excluding carboxylic acids is 2. The molecule has 1 atom stereocenters. The highest BCUT2D eigenvalue weighted by Crippen LogP contribution is 2.06. The van der Waals surface area contributed by atoms with E-state index in [0.29, 0.717) is 12.4 Å². The molecule has 0 saturated carbocycles. The van der Waals surface area contributed by atoms with Crippen LogP contribution in [0.15, 0.2) is 12.4 Å². The van der Waals surface area contributed by atoms with Gasteiger partial charge in [0.05, 0.1) is 26.1 Å². The van der Waals surface area contributed by atoms with Crippen LogP contribution in [0.1, 0.15) is 24.3 Å². The lowest BCUT2D eigenvalue weighted by atomic mass is 10.3. The van der Waals surface area contributed by atoms with E-state index in [1.165, 1.54) is 19.5 Å². The van der Waals surface area contributed by atoms with Crippen LogP contribution < -0.4 is 5.32 Å². The molecular weight excluding hydrogens is 238 g/mol. The number of methoxy groups -OCH3 is 1. The molecule has 0 aromatic carbocycles. The number of rotatable bonds is 5. The molecule has 1 aromatic heterocycles. The van der Waals surface area contributed by atoms with E-state index in [1.807, 2.05) is 0 Å². The minimum atomic E-state index is -0.588. The molecule has 0 bridgehead atoms. The molecule has 0 saturated heterocycles. The summed E-state index contributed by atoms with van der Waals surface area (Å²) in [5, 5.41) is 2.79. The Morgan fingerprint density at radius 2 is 2.17 bits per heavy atom. The zero-order valence-electron chi connectivity index (χ0n) is 10.5. The SMILES string of the molecule is CCOC(=O)C(C)Nc1cncc(C(=O)OC)n1. The largest absolute Gasteiger partial charge is 0.464 e. The maximum atomic E-state index is 11.4. The summed E-state index contributed by atoms with van der Waals surface area (Å²) < 4.78 is 9.35. The van der Waals surface area contributed by atoms with Crippen LogP contribution in [0.4, 0.5) is 5.82 Å². The fraction of sp³-hybridized carbons (Fsp3) is 0.455. The first-order valence-corrected chi connectivity index (χ1v) is 5.42. The maximum Gasteiger partial charge on any atom is 0.358 e. The number of hydrogen-bond donors (Lipinski definition) is 1. The minimum absolute atomic E-state index is 0.0681. The molecule has 1 aromatic rings. The number of hydrogen-bond acceptors (Lipinski definition) is 7. The zero-order valence-corrected chi connectivity index (χ0v) is 10.5. The van der Waals surface area contributed by atoms with Gasteiger partial charge in [0, 0.05) is 0 Å². The minimum Gasteiger partial charge on any atom is -0.464 e. The zero-order chi connectivity index (χ0) is 13.5. The fourth-order valence-corrected chi connectivity index (χ4v) is 1.19. The third-order valence-corrected chi connectivity index (χ3v) is 2.03. The Balaban J connectivity index is 2.73. The van der Waals surface area contributed by atoms with Crippen LogP contribution >= 0.6 is 0 Å². The monoisotopic (exact) mass is 253 g/mol. The van der Waals surface area contributed by atoms with E-state index in [2.05, 4.69) is 20.0 Å². The second-order valence-corrected chi connectivity index (χ2v) is 3.40. The van der Waals surface area contributed by atoms with Crippen molar-refractivity contribution in [3.05, 3.63) is 18.1 Å². The summed E-state index contributed by atoms with van der Waals surface area (Å²) in [4.78, 5) is 30.4. The summed E-state index contributed by atoms with van der Waals surface area (Å²) in [6.07, 6.45) is 2.69. The van der Waals surface area contributed by atoms with E-state index in [-0.39, 0.29) is 5.69 Å². The van der Waals surface area contributed by atoms with Crippen molar-refractivity contribution in [2.24, 2.45) is 0 Å². The number of esters is 2. The highest BCUT2D eigenvalue weighted by atomic mass is 16.5. The highest BCUT2D eigenvalue weighted by molar-refractivity contribution is 5.87. The van der Waals surface area contributed by atoms with Crippen molar-refractivity contribution < 1.29 is 19.1 Å². The van der Waals surface area contributed by atoms with E-state index >= 15 is 0 Å². The first kappa shape index (κ1) is 13.9. The molecule has 0 aliphatic heterocycles. The van der Waals surface area contributed by atoms with Crippen molar-refractivity contribution in [2.45, 2.75) is 19.9 Å². The smallest absolute Gasteiger partial charge is 0.358 e. The normalized spacial score (nSPS) is 11.5. The van der Waals surface area contributed by atoms with Crippen LogP contribution in [-0.4, -0.2) is 41.7 Å². The van der Waals surface area contributed by atoms with Crippen molar-refractivity contribution in [1.29, 1.82) is 0 Å². The number of ether oxygens (including phenoxy) is 2. The fourth-order valence-electron chi connectivity index (χ4n) is 1.19. The van der Waals surface area contributed by atoms with Gasteiger partial charge < -0.3 is 14.8 Å². The third kappa shape index (κ3) is 3.69. The summed E-state index contributed by atoms with van der Waals surface area (Å²) in [6.45, 7) is 3.66. The Labute approximate surface area is 105 Å². The summed E-state index contributed by atoms with van der Waals surface area (Å²) in [5.74, 6) is -0.684. The summed E-state index contributed by atoms with van der Waals surface area (Å²) in [6, 6.07) is -0.577. The van der Waals surface area contributed by atoms with E-state index < -0.39 is 18.0 Å². The van der Waals surface area contributed by atoms with Gasteiger partial charge in [-0.25, -0.2) is 14.6 Å². The Morgan fingerprint density at radius 1 is 1.44 bits per heavy atom. The van der Waals surface area contributed by atoms with E-state index in [4.69, 9.17) is 4.74 Å². The number of carbonyl (C=O) groups is 2. The molecule has 0 amide bonds. The van der Waals surface area contributed by atoms with Gasteiger partial charge in [0.1, 0.15) is 11.9 Å². The number of aromatic nitrogens is 2. The molecule has 1 rings (SSSR count). The topological polar surface area (TPSA) is 90.4 Å². The van der Waals surface area contributed by atoms with Gasteiger partial charge in [-0.15, -0.1) is 0 Å². The summed E-state index contributed by atoms with van der Waals surface area (Å²) in [7, 11) is 1.26. The lowest BCUT2D eigenvalue weighted by Gasteiger charge is -2.12. The van der Waals surface area contributed by atoms with Crippen molar-refractivity contribution in [3.63, 3.8) is 0 Å². The standard InChI is InChI=1S/C11H15N3O4/c1-4-18-10(15)7(2)13-9-6-12-5-8(14-9)11(16)17-3/h5-7H,4H2,1-3H3,(H,13,14). The van der Waals surface area contributed by atoms with Crippen molar-refractivity contribution in [2.75, 3.05) is 19.0 Å². The number of nitrogens with zero attached hydrogens (tertiary/aromatic N) is 2. The molecule has 18 heavy (non-hydrogen) atoms. The molecule has 0 spiro atoms. The van der Waals surface area contributed by atoms with Gasteiger partial charge in [-0.05, 0) is 13.8 Å². The molecule has 1 unspecified atom stereocenters. The van der Waals surface area contributed by atoms with E-state index in [0.717, 1.165) is 0 Å². The molecule has 7 nitrogen and oxygen atoms in total. The van der Waals surface area contributed by atoms with E-state index in [1.54, 1.807) is 13.8 Å². The van der Waals surface area contributed by atoms with Crippen LogP contribution in [0.25, 0.3) is 0 Å². The summed E-state index contributed by atoms with van der Waals surface area (Å²) in [5.41, 5.74) is 0.0681. The second-order valence-electron chi connectivity index (χ2n) is 3.40. The maximum absolute atomic E-state index is 11.4. The Bertz CT molecular complexity index is 436. The van der Waals surface area contributed by atoms with Gasteiger partial charge in [-0.1, -0.05) is 0 Å². The van der Waals surface area contributed by atoms with Gasteiger partial charge >= 0.3 is 11.9 Å². The Morgan fingerprint density at radius 3 is 2.78 bits per heavy atom. The Kier molecular flexibility index (Phi) is 5.04. The van der Waals surface area contributed by atoms with Gasteiger partial charge in [-0.2, -0.15) is 0 Å². The van der Waals surface area contributed by atoms with Crippen LogP contribution in [0.2, 0.25) is 0 Å². The first-order chi connectivity index (χ1) is 8.58. The van der Waals surface area contributed by atoms with Crippen LogP contribution in [0.5, 0.6) is 0 Å². The van der Waals surface area contributed by atoms with Gasteiger partial charge in [0.2, 0.25) is 0 Å². The molecule has 0 aliphatic rings. The molecule has 98 valence electrons. The van der Waals surface area contributed by atoms with Crippen LogP contribution in [-0.2, 0) is 14.3 Å². The predicted molar refractivity (Wildman–Crippen MR) is 63.1 cm³/mol. The predicted octanol–water partition coefficient (Wildman–Crippen LogP) is 0.627. The lowest BCUT2D eigenvalue weighted by molar-refractivity contribution is -0.143. The third-order valence-electron chi connectivity index (χ3n) is 2.03. The lowest BCUT2D eigenvalue weighted by Crippen LogP contribution is -2.28. The van der Waals surface area contributed by atoms with Gasteiger partial charge in [0.15, 0.2) is 5.69 Å².